The second-order valence-electron chi connectivity index (χ2n) is 5.35. The van der Waals surface area contributed by atoms with E-state index in [-0.39, 0.29) is 5.56 Å². The first-order chi connectivity index (χ1) is 10.5. The van der Waals surface area contributed by atoms with Gasteiger partial charge in [0.1, 0.15) is 5.82 Å². The average Bonchev–Trinajstić information content (AvgIpc) is 2.49. The molecule has 3 rings (SSSR count). The van der Waals surface area contributed by atoms with Crippen molar-refractivity contribution in [1.29, 1.82) is 0 Å². The molecule has 0 bridgehead atoms. The van der Waals surface area contributed by atoms with Crippen LogP contribution >= 0.6 is 0 Å². The van der Waals surface area contributed by atoms with Crippen LogP contribution in [0.5, 0.6) is 0 Å². The van der Waals surface area contributed by atoms with Gasteiger partial charge in [-0.05, 0) is 61.9 Å². The van der Waals surface area contributed by atoms with Crippen molar-refractivity contribution in [2.24, 2.45) is 0 Å². The van der Waals surface area contributed by atoms with E-state index < -0.39 is 5.97 Å². The number of aryl methyl sites for hydroxylation is 2. The normalized spacial score (nSPS) is 10.6. The van der Waals surface area contributed by atoms with E-state index in [4.69, 9.17) is 5.11 Å². The van der Waals surface area contributed by atoms with Gasteiger partial charge < -0.3 is 10.4 Å². The molecule has 0 aliphatic carbocycles. The second kappa shape index (κ2) is 5.48. The Kier molecular flexibility index (Phi) is 3.51. The number of anilines is 2. The van der Waals surface area contributed by atoms with Gasteiger partial charge in [0.2, 0.25) is 0 Å². The Morgan fingerprint density at radius 2 is 1.77 bits per heavy atom. The van der Waals surface area contributed by atoms with E-state index in [1.165, 1.54) is 5.56 Å². The number of nitrogens with zero attached hydrogens (tertiary/aromatic N) is 1. The zero-order valence-electron chi connectivity index (χ0n) is 12.4. The van der Waals surface area contributed by atoms with Crippen molar-refractivity contribution in [2.75, 3.05) is 5.32 Å². The quantitative estimate of drug-likeness (QED) is 0.755. The van der Waals surface area contributed by atoms with Gasteiger partial charge in [-0.3, -0.25) is 0 Å². The third kappa shape index (κ3) is 2.76. The topological polar surface area (TPSA) is 62.2 Å². The monoisotopic (exact) mass is 292 g/mol. The summed E-state index contributed by atoms with van der Waals surface area (Å²) in [5.41, 5.74) is 4.38. The summed E-state index contributed by atoms with van der Waals surface area (Å²) in [4.78, 5) is 15.5. The molecule has 0 unspecified atom stereocenters. The molecule has 1 heterocycles. The highest BCUT2D eigenvalue weighted by Crippen LogP contribution is 2.23. The van der Waals surface area contributed by atoms with E-state index in [0.717, 1.165) is 28.0 Å². The van der Waals surface area contributed by atoms with Gasteiger partial charge in [-0.25, -0.2) is 9.78 Å². The molecule has 0 radical (unpaired) electrons. The van der Waals surface area contributed by atoms with Crippen LogP contribution in [-0.2, 0) is 0 Å². The first-order valence-corrected chi connectivity index (χ1v) is 7.01. The summed E-state index contributed by atoms with van der Waals surface area (Å²) in [7, 11) is 0. The number of fused-ring (bicyclic) bond motifs is 1. The molecule has 2 aromatic carbocycles. The summed E-state index contributed by atoms with van der Waals surface area (Å²) in [5, 5.41) is 13.3. The summed E-state index contributed by atoms with van der Waals surface area (Å²) in [6, 6.07) is 14.8. The number of carboxylic acid groups (broad SMARTS) is 1. The van der Waals surface area contributed by atoms with Crippen LogP contribution in [0, 0.1) is 13.8 Å². The summed E-state index contributed by atoms with van der Waals surface area (Å²) in [6.07, 6.45) is 0. The number of hydrogen-bond acceptors (Lipinski definition) is 3. The fourth-order valence-electron chi connectivity index (χ4n) is 2.42. The molecular weight excluding hydrogens is 276 g/mol. The van der Waals surface area contributed by atoms with E-state index in [2.05, 4.69) is 30.2 Å². The van der Waals surface area contributed by atoms with Gasteiger partial charge in [0.15, 0.2) is 0 Å². The predicted molar refractivity (Wildman–Crippen MR) is 87.9 cm³/mol. The summed E-state index contributed by atoms with van der Waals surface area (Å²) < 4.78 is 0. The molecule has 22 heavy (non-hydrogen) atoms. The van der Waals surface area contributed by atoms with Crippen LogP contribution in [0.4, 0.5) is 11.5 Å². The fraction of sp³-hybridized carbons (Fsp3) is 0.111. The molecule has 3 aromatic rings. The molecule has 2 N–H and O–H groups in total. The maximum Gasteiger partial charge on any atom is 0.335 e. The second-order valence-corrected chi connectivity index (χ2v) is 5.35. The third-order valence-corrected chi connectivity index (χ3v) is 3.58. The van der Waals surface area contributed by atoms with Gasteiger partial charge in [-0.2, -0.15) is 0 Å². The van der Waals surface area contributed by atoms with Crippen LogP contribution in [-0.4, -0.2) is 16.1 Å². The molecule has 0 fully saturated rings. The Morgan fingerprint density at radius 3 is 2.45 bits per heavy atom. The van der Waals surface area contributed by atoms with Crippen molar-refractivity contribution in [3.63, 3.8) is 0 Å². The lowest BCUT2D eigenvalue weighted by molar-refractivity contribution is 0.0697. The van der Waals surface area contributed by atoms with Crippen LogP contribution in [0.25, 0.3) is 10.9 Å². The number of hydrogen-bond donors (Lipinski definition) is 2. The molecule has 1 aromatic heterocycles. The predicted octanol–water partition coefficient (Wildman–Crippen LogP) is 4.29. The first-order valence-electron chi connectivity index (χ1n) is 7.01. The van der Waals surface area contributed by atoms with Gasteiger partial charge in [0.05, 0.1) is 11.1 Å². The van der Waals surface area contributed by atoms with Crippen molar-refractivity contribution in [3.8, 4) is 0 Å². The minimum Gasteiger partial charge on any atom is -0.478 e. The van der Waals surface area contributed by atoms with E-state index in [1.807, 2.05) is 18.2 Å². The van der Waals surface area contributed by atoms with Crippen molar-refractivity contribution < 1.29 is 9.90 Å². The standard InChI is InChI=1S/C18H16N2O2/c1-11-3-8-16-15(9-11)12(2)10-17(20-16)19-14-6-4-13(5-7-14)18(21)22/h3-10H,1-2H3,(H,19,20)(H,21,22). The lowest BCUT2D eigenvalue weighted by Gasteiger charge is -2.10. The molecule has 0 atom stereocenters. The third-order valence-electron chi connectivity index (χ3n) is 3.58. The molecule has 0 aliphatic rings. The number of pyridine rings is 1. The number of aromatic carboxylic acids is 1. The van der Waals surface area contributed by atoms with Crippen LogP contribution in [0.2, 0.25) is 0 Å². The highest BCUT2D eigenvalue weighted by atomic mass is 16.4. The molecule has 4 heteroatoms. The van der Waals surface area contributed by atoms with Crippen LogP contribution in [0.3, 0.4) is 0 Å². The Balaban J connectivity index is 1.93. The van der Waals surface area contributed by atoms with Crippen molar-refractivity contribution >= 4 is 28.4 Å². The lowest BCUT2D eigenvalue weighted by Crippen LogP contribution is -1.98. The number of carboxylic acids is 1. The Labute approximate surface area is 128 Å². The van der Waals surface area contributed by atoms with Gasteiger partial charge in [0, 0.05) is 11.1 Å². The Bertz CT molecular complexity index is 855. The molecule has 0 saturated carbocycles. The summed E-state index contributed by atoms with van der Waals surface area (Å²) in [6.45, 7) is 4.12. The van der Waals surface area contributed by atoms with Crippen molar-refractivity contribution in [3.05, 3.63) is 65.2 Å². The van der Waals surface area contributed by atoms with Crippen LogP contribution < -0.4 is 5.32 Å². The number of aromatic nitrogens is 1. The average molecular weight is 292 g/mol. The fourth-order valence-corrected chi connectivity index (χ4v) is 2.42. The lowest BCUT2D eigenvalue weighted by atomic mass is 10.1. The van der Waals surface area contributed by atoms with Crippen LogP contribution in [0.15, 0.2) is 48.5 Å². The number of benzene rings is 2. The number of carbonyl (C=O) groups is 1. The SMILES string of the molecule is Cc1ccc2nc(Nc3ccc(C(=O)O)cc3)cc(C)c2c1. The van der Waals surface area contributed by atoms with Crippen molar-refractivity contribution in [1.82, 2.24) is 4.98 Å². The number of nitrogens with one attached hydrogen (secondary N) is 1. The Morgan fingerprint density at radius 1 is 1.05 bits per heavy atom. The molecule has 0 aliphatic heterocycles. The van der Waals surface area contributed by atoms with Gasteiger partial charge in [0.25, 0.3) is 0 Å². The van der Waals surface area contributed by atoms with E-state index >= 15 is 0 Å². The molecule has 110 valence electrons. The first kappa shape index (κ1) is 14.1. The van der Waals surface area contributed by atoms with Gasteiger partial charge >= 0.3 is 5.97 Å². The van der Waals surface area contributed by atoms with E-state index in [9.17, 15) is 4.79 Å². The zero-order chi connectivity index (χ0) is 15.7. The minimum absolute atomic E-state index is 0.267. The zero-order valence-corrected chi connectivity index (χ0v) is 12.4. The Hall–Kier alpha value is -2.88. The highest BCUT2D eigenvalue weighted by molar-refractivity contribution is 5.88. The summed E-state index contributed by atoms with van der Waals surface area (Å²) in [5.74, 6) is -0.182. The molecule has 0 saturated heterocycles. The molecule has 0 amide bonds. The van der Waals surface area contributed by atoms with Gasteiger partial charge in [-0.1, -0.05) is 11.6 Å². The molecule has 4 nitrogen and oxygen atoms in total. The minimum atomic E-state index is -0.929. The largest absolute Gasteiger partial charge is 0.478 e. The van der Waals surface area contributed by atoms with E-state index in [1.54, 1.807) is 24.3 Å². The molecule has 0 spiro atoms. The maximum atomic E-state index is 10.9. The number of rotatable bonds is 3. The van der Waals surface area contributed by atoms with E-state index in [0.29, 0.717) is 0 Å². The molecular formula is C18H16N2O2. The van der Waals surface area contributed by atoms with Crippen LogP contribution in [0.1, 0.15) is 21.5 Å². The summed E-state index contributed by atoms with van der Waals surface area (Å²) >= 11 is 0. The highest BCUT2D eigenvalue weighted by Gasteiger charge is 2.05. The smallest absolute Gasteiger partial charge is 0.335 e. The van der Waals surface area contributed by atoms with Crippen molar-refractivity contribution in [2.45, 2.75) is 13.8 Å². The van der Waals surface area contributed by atoms with Gasteiger partial charge in [-0.15, -0.1) is 0 Å². The maximum absolute atomic E-state index is 10.9.